The summed E-state index contributed by atoms with van der Waals surface area (Å²) in [6, 6.07) is 21.9. The molecule has 0 aliphatic carbocycles. The molecule has 0 radical (unpaired) electrons. The number of aromatic nitrogens is 1. The van der Waals surface area contributed by atoms with Gasteiger partial charge >= 0.3 is 0 Å². The van der Waals surface area contributed by atoms with Crippen molar-refractivity contribution in [2.75, 3.05) is 11.9 Å². The molecule has 3 aromatic carbocycles. The molecule has 0 aliphatic heterocycles. The van der Waals surface area contributed by atoms with Crippen LogP contribution in [0.5, 0.6) is 5.75 Å². The van der Waals surface area contributed by atoms with Gasteiger partial charge in [-0.05, 0) is 60.5 Å². The lowest BCUT2D eigenvalue weighted by molar-refractivity contribution is -0.118. The van der Waals surface area contributed by atoms with Gasteiger partial charge < -0.3 is 14.5 Å². The minimum absolute atomic E-state index is 0.185. The Morgan fingerprint density at radius 2 is 2.03 bits per heavy atom. The second-order valence-electron chi connectivity index (χ2n) is 7.05. The van der Waals surface area contributed by atoms with Crippen molar-refractivity contribution in [3.05, 3.63) is 88.8 Å². The van der Waals surface area contributed by atoms with Crippen molar-refractivity contribution in [3.8, 4) is 11.8 Å². The van der Waals surface area contributed by atoms with E-state index in [0.717, 1.165) is 5.56 Å². The molecule has 0 fully saturated rings. The van der Waals surface area contributed by atoms with Gasteiger partial charge in [-0.2, -0.15) is 5.26 Å². The normalized spacial score (nSPS) is 11.2. The fourth-order valence-electron chi connectivity index (χ4n) is 3.08. The van der Waals surface area contributed by atoms with Crippen LogP contribution in [-0.2, 0) is 4.79 Å². The number of fused-ring (bicyclic) bond motifs is 1. The molecule has 1 heterocycles. The van der Waals surface area contributed by atoms with Crippen molar-refractivity contribution >= 4 is 45.9 Å². The fraction of sp³-hybridized carbons (Fsp3) is 0.0800. The van der Waals surface area contributed by atoms with E-state index < -0.39 is 0 Å². The van der Waals surface area contributed by atoms with E-state index in [-0.39, 0.29) is 24.0 Å². The highest BCUT2D eigenvalue weighted by molar-refractivity contribution is 6.32. The van der Waals surface area contributed by atoms with Crippen LogP contribution in [0.2, 0.25) is 5.02 Å². The molecule has 1 amide bonds. The lowest BCUT2D eigenvalue weighted by atomic mass is 10.1. The second kappa shape index (κ2) is 9.38. The maximum atomic E-state index is 12.1. The van der Waals surface area contributed by atoms with Gasteiger partial charge in [-0.3, -0.25) is 4.79 Å². The Bertz CT molecular complexity index is 1340. The number of oxazole rings is 1. The number of nitriles is 1. The zero-order valence-electron chi connectivity index (χ0n) is 17.1. The average Bonchev–Trinajstić information content (AvgIpc) is 3.21. The van der Waals surface area contributed by atoms with Crippen LogP contribution >= 0.6 is 11.6 Å². The molecule has 4 rings (SSSR count). The summed E-state index contributed by atoms with van der Waals surface area (Å²) >= 11 is 6.32. The molecule has 0 atom stereocenters. The standard InChI is InChI=1S/C25H18ClN3O3/c1-16-5-4-6-19(11-16)28-24(30)15-31-22-10-9-17(13-20(22)26)12-18(14-27)25-29-21-7-2-3-8-23(21)32-25/h2-13H,15H2,1H3,(H,28,30)/b18-12+. The van der Waals surface area contributed by atoms with E-state index in [1.165, 1.54) is 0 Å². The molecule has 0 saturated carbocycles. The third-order valence-corrected chi connectivity index (χ3v) is 4.87. The molecular formula is C25H18ClN3O3. The van der Waals surface area contributed by atoms with Crippen molar-refractivity contribution in [1.82, 2.24) is 4.98 Å². The summed E-state index contributed by atoms with van der Waals surface area (Å²) in [7, 11) is 0. The van der Waals surface area contributed by atoms with Crippen molar-refractivity contribution in [2.45, 2.75) is 6.92 Å². The van der Waals surface area contributed by atoms with Gasteiger partial charge in [0.2, 0.25) is 5.89 Å². The molecule has 32 heavy (non-hydrogen) atoms. The number of allylic oxidation sites excluding steroid dienone is 1. The maximum absolute atomic E-state index is 12.1. The lowest BCUT2D eigenvalue weighted by Gasteiger charge is -2.10. The summed E-state index contributed by atoms with van der Waals surface area (Å²) in [4.78, 5) is 16.5. The molecule has 0 aliphatic rings. The van der Waals surface area contributed by atoms with E-state index in [0.29, 0.717) is 33.1 Å². The molecule has 1 N–H and O–H groups in total. The van der Waals surface area contributed by atoms with Gasteiger partial charge in [-0.15, -0.1) is 0 Å². The Morgan fingerprint density at radius 1 is 1.19 bits per heavy atom. The number of para-hydroxylation sites is 2. The zero-order valence-corrected chi connectivity index (χ0v) is 17.9. The predicted molar refractivity (Wildman–Crippen MR) is 124 cm³/mol. The van der Waals surface area contributed by atoms with Crippen molar-refractivity contribution < 1.29 is 13.9 Å². The van der Waals surface area contributed by atoms with E-state index in [1.54, 1.807) is 30.3 Å². The highest BCUT2D eigenvalue weighted by Gasteiger charge is 2.12. The summed E-state index contributed by atoms with van der Waals surface area (Å²) in [6.07, 6.45) is 1.63. The highest BCUT2D eigenvalue weighted by Crippen LogP contribution is 2.28. The lowest BCUT2D eigenvalue weighted by Crippen LogP contribution is -2.20. The first-order valence-corrected chi connectivity index (χ1v) is 10.2. The Hall–Kier alpha value is -4.08. The van der Waals surface area contributed by atoms with Crippen molar-refractivity contribution in [3.63, 3.8) is 0 Å². The van der Waals surface area contributed by atoms with Gasteiger partial charge in [0.15, 0.2) is 12.2 Å². The first-order valence-electron chi connectivity index (χ1n) is 9.78. The molecule has 4 aromatic rings. The number of anilines is 1. The van der Waals surface area contributed by atoms with Crippen LogP contribution in [0, 0.1) is 18.3 Å². The van der Waals surface area contributed by atoms with Crippen LogP contribution in [0.4, 0.5) is 5.69 Å². The number of carbonyl (C=O) groups is 1. The third kappa shape index (κ3) is 4.97. The number of nitrogens with one attached hydrogen (secondary N) is 1. The average molecular weight is 444 g/mol. The van der Waals surface area contributed by atoms with E-state index in [1.807, 2.05) is 49.4 Å². The first-order chi connectivity index (χ1) is 15.5. The summed E-state index contributed by atoms with van der Waals surface area (Å²) in [5, 5.41) is 12.6. The molecule has 158 valence electrons. The number of halogens is 1. The monoisotopic (exact) mass is 443 g/mol. The molecule has 0 spiro atoms. The van der Waals surface area contributed by atoms with Gasteiger partial charge in [0.1, 0.15) is 22.9 Å². The minimum Gasteiger partial charge on any atom is -0.482 e. The Balaban J connectivity index is 1.45. The molecule has 0 unspecified atom stereocenters. The number of hydrogen-bond acceptors (Lipinski definition) is 5. The minimum atomic E-state index is -0.293. The Morgan fingerprint density at radius 3 is 2.78 bits per heavy atom. The summed E-state index contributed by atoms with van der Waals surface area (Å²) < 4.78 is 11.2. The molecule has 0 saturated heterocycles. The maximum Gasteiger partial charge on any atom is 0.262 e. The van der Waals surface area contributed by atoms with Gasteiger partial charge in [0.25, 0.3) is 5.91 Å². The highest BCUT2D eigenvalue weighted by atomic mass is 35.5. The fourth-order valence-corrected chi connectivity index (χ4v) is 3.33. The van der Waals surface area contributed by atoms with E-state index in [4.69, 9.17) is 20.8 Å². The number of carbonyl (C=O) groups excluding carboxylic acids is 1. The molecular weight excluding hydrogens is 426 g/mol. The van der Waals surface area contributed by atoms with Gasteiger partial charge in [0.05, 0.1) is 5.02 Å². The summed E-state index contributed by atoms with van der Waals surface area (Å²) in [5.74, 6) is 0.305. The molecule has 7 heteroatoms. The molecule has 0 bridgehead atoms. The number of amides is 1. The quantitative estimate of drug-likeness (QED) is 0.376. The topological polar surface area (TPSA) is 88.1 Å². The van der Waals surface area contributed by atoms with Crippen LogP contribution in [0.15, 0.2) is 71.1 Å². The van der Waals surface area contributed by atoms with E-state index in [2.05, 4.69) is 16.4 Å². The van der Waals surface area contributed by atoms with Gasteiger partial charge in [-0.1, -0.05) is 41.9 Å². The summed E-state index contributed by atoms with van der Waals surface area (Å²) in [6.45, 7) is 1.76. The van der Waals surface area contributed by atoms with E-state index in [9.17, 15) is 10.1 Å². The summed E-state index contributed by atoms with van der Waals surface area (Å²) in [5.41, 5.74) is 3.97. The number of rotatable bonds is 6. The van der Waals surface area contributed by atoms with Crippen LogP contribution in [-0.4, -0.2) is 17.5 Å². The number of hydrogen-bond donors (Lipinski definition) is 1. The first kappa shape index (κ1) is 21.2. The zero-order chi connectivity index (χ0) is 22.5. The van der Waals surface area contributed by atoms with E-state index >= 15 is 0 Å². The second-order valence-corrected chi connectivity index (χ2v) is 7.46. The van der Waals surface area contributed by atoms with Crippen LogP contribution in [0.25, 0.3) is 22.7 Å². The van der Waals surface area contributed by atoms with Crippen LogP contribution in [0.1, 0.15) is 17.0 Å². The predicted octanol–water partition coefficient (Wildman–Crippen LogP) is 5.87. The number of ether oxygens (including phenoxy) is 1. The van der Waals surface area contributed by atoms with Gasteiger partial charge in [0, 0.05) is 5.69 Å². The number of aryl methyl sites for hydroxylation is 1. The smallest absolute Gasteiger partial charge is 0.262 e. The van der Waals surface area contributed by atoms with Crippen molar-refractivity contribution in [1.29, 1.82) is 5.26 Å². The largest absolute Gasteiger partial charge is 0.482 e. The Labute approximate surface area is 189 Å². The number of benzene rings is 3. The molecule has 1 aromatic heterocycles. The Kier molecular flexibility index (Phi) is 6.20. The van der Waals surface area contributed by atoms with Crippen molar-refractivity contribution in [2.24, 2.45) is 0 Å². The SMILES string of the molecule is Cc1cccc(NC(=O)COc2ccc(/C=C(\C#N)c3nc4ccccc4o3)cc2Cl)c1. The van der Waals surface area contributed by atoms with Crippen LogP contribution < -0.4 is 10.1 Å². The molecule has 6 nitrogen and oxygen atoms in total. The third-order valence-electron chi connectivity index (χ3n) is 4.57. The number of nitrogens with zero attached hydrogens (tertiary/aromatic N) is 2. The van der Waals surface area contributed by atoms with Gasteiger partial charge in [-0.25, -0.2) is 4.98 Å². The van der Waals surface area contributed by atoms with Crippen LogP contribution in [0.3, 0.4) is 0 Å².